The van der Waals surface area contributed by atoms with Crippen LogP contribution in [0.4, 0.5) is 0 Å². The normalized spacial score (nSPS) is 14.2. The summed E-state index contributed by atoms with van der Waals surface area (Å²) in [5.41, 5.74) is 3.19. The lowest BCUT2D eigenvalue weighted by atomic mass is 10.1. The number of rotatable bonds is 2. The molecule has 0 saturated heterocycles. The van der Waals surface area contributed by atoms with Gasteiger partial charge in [-0.2, -0.15) is 0 Å². The van der Waals surface area contributed by atoms with Crippen molar-refractivity contribution < 1.29 is 0 Å². The predicted octanol–water partition coefficient (Wildman–Crippen LogP) is 2.10. The summed E-state index contributed by atoms with van der Waals surface area (Å²) in [5, 5.41) is 3.24. The summed E-state index contributed by atoms with van der Waals surface area (Å²) >= 11 is 0. The first-order valence-corrected chi connectivity index (χ1v) is 5.74. The first kappa shape index (κ1) is 10.0. The van der Waals surface area contributed by atoms with Crippen molar-refractivity contribution >= 4 is 5.84 Å². The molecule has 1 aromatic heterocycles. The molecule has 0 amide bonds. The second-order valence-corrected chi connectivity index (χ2v) is 3.96. The Morgan fingerprint density at radius 1 is 0.941 bits per heavy atom. The molecule has 0 aliphatic carbocycles. The lowest BCUT2D eigenvalue weighted by Crippen LogP contribution is -2.19. The van der Waals surface area contributed by atoms with Gasteiger partial charge in [0, 0.05) is 23.9 Å². The van der Waals surface area contributed by atoms with Crippen LogP contribution < -0.4 is 5.32 Å². The Balaban J connectivity index is 1.90. The Kier molecular flexibility index (Phi) is 2.58. The summed E-state index contributed by atoms with van der Waals surface area (Å²) in [5.74, 6) is 0.956. The van der Waals surface area contributed by atoms with Crippen molar-refractivity contribution in [2.24, 2.45) is 4.99 Å². The number of hydrogen-bond donors (Lipinski definition) is 1. The van der Waals surface area contributed by atoms with E-state index in [-0.39, 0.29) is 0 Å². The largest absolute Gasteiger partial charge is 0.368 e. The lowest BCUT2D eigenvalue weighted by molar-refractivity contribution is 0.960. The molecule has 1 aliphatic rings. The Labute approximate surface area is 100 Å². The summed E-state index contributed by atoms with van der Waals surface area (Å²) in [6.45, 7) is 1.78. The van der Waals surface area contributed by atoms with Crippen molar-refractivity contribution in [1.29, 1.82) is 0 Å². The third kappa shape index (κ3) is 2.04. The van der Waals surface area contributed by atoms with Crippen LogP contribution in [0.5, 0.6) is 0 Å². The van der Waals surface area contributed by atoms with Crippen LogP contribution in [-0.4, -0.2) is 23.9 Å². The lowest BCUT2D eigenvalue weighted by Gasteiger charge is -2.04. The molecule has 3 rings (SSSR count). The van der Waals surface area contributed by atoms with Gasteiger partial charge in [0.15, 0.2) is 0 Å². The van der Waals surface area contributed by atoms with Crippen molar-refractivity contribution in [2.75, 3.05) is 13.1 Å². The maximum absolute atomic E-state index is 4.47. The Morgan fingerprint density at radius 3 is 2.47 bits per heavy atom. The zero-order valence-electron chi connectivity index (χ0n) is 9.43. The monoisotopic (exact) mass is 223 g/mol. The molecule has 1 aromatic carbocycles. The molecule has 0 saturated carbocycles. The molecule has 84 valence electrons. The van der Waals surface area contributed by atoms with Crippen LogP contribution in [0.1, 0.15) is 5.56 Å². The van der Waals surface area contributed by atoms with E-state index in [0.717, 1.165) is 35.7 Å². The summed E-state index contributed by atoms with van der Waals surface area (Å²) in [7, 11) is 0. The summed E-state index contributed by atoms with van der Waals surface area (Å²) in [4.78, 5) is 8.85. The number of amidine groups is 1. The van der Waals surface area contributed by atoms with Gasteiger partial charge >= 0.3 is 0 Å². The number of nitrogens with one attached hydrogen (secondary N) is 1. The van der Waals surface area contributed by atoms with E-state index in [1.807, 2.05) is 30.5 Å². The average Bonchev–Trinajstić information content (AvgIpc) is 2.94. The average molecular weight is 223 g/mol. The Bertz CT molecular complexity index is 529. The third-order valence-corrected chi connectivity index (χ3v) is 2.78. The predicted molar refractivity (Wildman–Crippen MR) is 69.1 cm³/mol. The van der Waals surface area contributed by atoms with Crippen LogP contribution in [0.2, 0.25) is 0 Å². The minimum Gasteiger partial charge on any atom is -0.368 e. The minimum atomic E-state index is 0.857. The van der Waals surface area contributed by atoms with Gasteiger partial charge in [-0.15, -0.1) is 0 Å². The van der Waals surface area contributed by atoms with Gasteiger partial charge in [-0.25, -0.2) is 0 Å². The zero-order valence-corrected chi connectivity index (χ0v) is 9.43. The number of aliphatic imine (C=N–C) groups is 1. The van der Waals surface area contributed by atoms with E-state index in [4.69, 9.17) is 0 Å². The van der Waals surface area contributed by atoms with E-state index in [2.05, 4.69) is 33.5 Å². The second-order valence-electron chi connectivity index (χ2n) is 3.96. The molecule has 2 heterocycles. The molecule has 1 aliphatic heterocycles. The molecule has 17 heavy (non-hydrogen) atoms. The molecule has 0 unspecified atom stereocenters. The second kappa shape index (κ2) is 4.37. The molecule has 0 fully saturated rings. The highest BCUT2D eigenvalue weighted by Gasteiger charge is 2.08. The van der Waals surface area contributed by atoms with Gasteiger partial charge in [-0.05, 0) is 12.1 Å². The number of pyridine rings is 1. The van der Waals surface area contributed by atoms with Crippen LogP contribution in [0, 0.1) is 0 Å². The molecule has 0 bridgehead atoms. The molecule has 3 heteroatoms. The Morgan fingerprint density at radius 2 is 1.82 bits per heavy atom. The van der Waals surface area contributed by atoms with Gasteiger partial charge in [0.25, 0.3) is 0 Å². The third-order valence-electron chi connectivity index (χ3n) is 2.78. The molecule has 1 N–H and O–H groups in total. The van der Waals surface area contributed by atoms with Gasteiger partial charge in [-0.3, -0.25) is 9.98 Å². The molecule has 0 atom stereocenters. The number of benzene rings is 1. The van der Waals surface area contributed by atoms with E-state index < -0.39 is 0 Å². The van der Waals surface area contributed by atoms with E-state index >= 15 is 0 Å². The minimum absolute atomic E-state index is 0.857. The fraction of sp³-hybridized carbons (Fsp3) is 0.143. The highest BCUT2D eigenvalue weighted by atomic mass is 15.1. The zero-order chi connectivity index (χ0) is 11.5. The van der Waals surface area contributed by atoms with Crippen molar-refractivity contribution in [3.63, 3.8) is 0 Å². The number of nitrogens with zero attached hydrogens (tertiary/aromatic N) is 2. The van der Waals surface area contributed by atoms with Crippen LogP contribution in [0.25, 0.3) is 11.3 Å². The van der Waals surface area contributed by atoms with E-state index in [9.17, 15) is 0 Å². The summed E-state index contributed by atoms with van der Waals surface area (Å²) in [6, 6.07) is 14.3. The van der Waals surface area contributed by atoms with Gasteiger partial charge < -0.3 is 5.32 Å². The Hall–Kier alpha value is -2.16. The van der Waals surface area contributed by atoms with Crippen LogP contribution in [0.15, 0.2) is 53.7 Å². The van der Waals surface area contributed by atoms with Gasteiger partial charge in [-0.1, -0.05) is 30.3 Å². The molecule has 0 radical (unpaired) electrons. The first-order chi connectivity index (χ1) is 8.43. The van der Waals surface area contributed by atoms with Crippen LogP contribution in [-0.2, 0) is 0 Å². The van der Waals surface area contributed by atoms with Crippen molar-refractivity contribution in [2.45, 2.75) is 0 Å². The quantitative estimate of drug-likeness (QED) is 0.846. The topological polar surface area (TPSA) is 37.3 Å². The highest BCUT2D eigenvalue weighted by Crippen LogP contribution is 2.16. The van der Waals surface area contributed by atoms with E-state index in [1.54, 1.807) is 0 Å². The smallest absolute Gasteiger partial charge is 0.129 e. The van der Waals surface area contributed by atoms with E-state index in [0.29, 0.717) is 0 Å². The van der Waals surface area contributed by atoms with Crippen LogP contribution in [0.3, 0.4) is 0 Å². The van der Waals surface area contributed by atoms with E-state index in [1.165, 1.54) is 0 Å². The summed E-state index contributed by atoms with van der Waals surface area (Å²) in [6.07, 6.45) is 1.87. The highest BCUT2D eigenvalue weighted by molar-refractivity contribution is 5.99. The van der Waals surface area contributed by atoms with Crippen LogP contribution >= 0.6 is 0 Å². The van der Waals surface area contributed by atoms with Crippen molar-refractivity contribution in [3.8, 4) is 11.3 Å². The molecule has 3 nitrogen and oxygen atoms in total. The molecular weight excluding hydrogens is 210 g/mol. The van der Waals surface area contributed by atoms with Gasteiger partial charge in [0.05, 0.1) is 12.2 Å². The standard InChI is InChI=1S/C14H13N3/c1-2-4-11(5-3-1)13-7-6-12(10-17-13)14-15-8-9-16-14/h1-7,10H,8-9H2,(H,15,16). The fourth-order valence-electron chi connectivity index (χ4n) is 1.90. The maximum Gasteiger partial charge on any atom is 0.129 e. The SMILES string of the molecule is c1ccc(-c2ccc(C3=NCCN3)cn2)cc1. The first-order valence-electron chi connectivity index (χ1n) is 5.74. The van der Waals surface area contributed by atoms with Crippen molar-refractivity contribution in [3.05, 3.63) is 54.2 Å². The number of aromatic nitrogens is 1. The molecule has 0 spiro atoms. The number of hydrogen-bond acceptors (Lipinski definition) is 3. The van der Waals surface area contributed by atoms with Gasteiger partial charge in [0.2, 0.25) is 0 Å². The molecule has 2 aromatic rings. The summed E-state index contributed by atoms with van der Waals surface area (Å²) < 4.78 is 0. The maximum atomic E-state index is 4.47. The molecular formula is C14H13N3. The van der Waals surface area contributed by atoms with Crippen molar-refractivity contribution in [1.82, 2.24) is 10.3 Å². The van der Waals surface area contributed by atoms with Gasteiger partial charge in [0.1, 0.15) is 5.84 Å². The fourth-order valence-corrected chi connectivity index (χ4v) is 1.90.